The van der Waals surface area contributed by atoms with Gasteiger partial charge in [-0.1, -0.05) is 6.08 Å². The topological polar surface area (TPSA) is 30.5 Å². The van der Waals surface area contributed by atoms with Gasteiger partial charge in [-0.15, -0.1) is 0 Å². The number of nitrogens with one attached hydrogen (secondary N) is 1. The molecule has 1 aromatic carbocycles. The minimum atomic E-state index is -0.204. The van der Waals surface area contributed by atoms with Crippen LogP contribution in [-0.4, -0.2) is 31.9 Å². The number of hydrogen-bond acceptors (Lipinski definition) is 3. The summed E-state index contributed by atoms with van der Waals surface area (Å²) in [5, 5.41) is 3.51. The summed E-state index contributed by atoms with van der Waals surface area (Å²) in [4.78, 5) is 0. The van der Waals surface area contributed by atoms with E-state index in [1.807, 2.05) is 0 Å². The lowest BCUT2D eigenvalue weighted by molar-refractivity contribution is 0.0561. The van der Waals surface area contributed by atoms with Crippen molar-refractivity contribution in [2.75, 3.05) is 19.8 Å². The second-order valence-electron chi connectivity index (χ2n) is 6.30. The minimum Gasteiger partial charge on any atom is -0.493 e. The van der Waals surface area contributed by atoms with Crippen LogP contribution in [0.1, 0.15) is 24.8 Å². The van der Waals surface area contributed by atoms with Gasteiger partial charge in [0.2, 0.25) is 0 Å². The van der Waals surface area contributed by atoms with Crippen LogP contribution < -0.4 is 10.1 Å². The third-order valence-electron chi connectivity index (χ3n) is 4.39. The SMILES string of the molecule is Fc1ccc(OCC2CC2)c(C2=CC3COCC(C2)N3)c1. The Morgan fingerprint density at radius 2 is 2.19 bits per heavy atom. The fraction of sp³-hybridized carbons (Fsp3) is 0.529. The van der Waals surface area contributed by atoms with Crippen LogP contribution in [0.5, 0.6) is 5.75 Å². The molecular formula is C17H20FNO2. The third kappa shape index (κ3) is 2.97. The molecule has 2 unspecified atom stereocenters. The van der Waals surface area contributed by atoms with Crippen LogP contribution in [-0.2, 0) is 4.74 Å². The van der Waals surface area contributed by atoms with E-state index >= 15 is 0 Å². The zero-order valence-electron chi connectivity index (χ0n) is 12.0. The van der Waals surface area contributed by atoms with Gasteiger partial charge in [0.15, 0.2) is 0 Å². The molecule has 21 heavy (non-hydrogen) atoms. The molecule has 2 aliphatic heterocycles. The van der Waals surface area contributed by atoms with Gasteiger partial charge in [0.1, 0.15) is 11.6 Å². The first kappa shape index (κ1) is 13.3. The van der Waals surface area contributed by atoms with E-state index in [2.05, 4.69) is 11.4 Å². The van der Waals surface area contributed by atoms with Crippen molar-refractivity contribution in [3.63, 3.8) is 0 Å². The Morgan fingerprint density at radius 1 is 1.29 bits per heavy atom. The number of fused-ring (bicyclic) bond motifs is 2. The van der Waals surface area contributed by atoms with Crippen LogP contribution >= 0.6 is 0 Å². The number of morpholine rings is 1. The molecule has 1 saturated heterocycles. The maximum absolute atomic E-state index is 13.7. The standard InChI is InChI=1S/C17H20FNO2/c18-13-3-4-17(21-8-11-1-2-11)16(7-13)12-5-14-9-20-10-15(6-12)19-14/h3-5,7,11,14-15,19H,1-2,6,8-10H2. The van der Waals surface area contributed by atoms with Gasteiger partial charge in [-0.05, 0) is 49.0 Å². The van der Waals surface area contributed by atoms with Crippen LogP contribution in [0, 0.1) is 11.7 Å². The Hall–Kier alpha value is -1.39. The van der Waals surface area contributed by atoms with E-state index in [4.69, 9.17) is 9.47 Å². The Kier molecular flexibility index (Phi) is 3.43. The predicted octanol–water partition coefficient (Wildman–Crippen LogP) is 2.76. The lowest BCUT2D eigenvalue weighted by Gasteiger charge is -2.35. The largest absolute Gasteiger partial charge is 0.493 e. The van der Waals surface area contributed by atoms with E-state index in [-0.39, 0.29) is 11.9 Å². The molecule has 2 bridgehead atoms. The normalized spacial score (nSPS) is 28.1. The van der Waals surface area contributed by atoms with Gasteiger partial charge in [-0.2, -0.15) is 0 Å². The summed E-state index contributed by atoms with van der Waals surface area (Å²) < 4.78 is 25.2. The number of ether oxygens (including phenoxy) is 2. The third-order valence-corrected chi connectivity index (χ3v) is 4.39. The van der Waals surface area contributed by atoms with Crippen LogP contribution in [0.2, 0.25) is 0 Å². The van der Waals surface area contributed by atoms with Crippen molar-refractivity contribution in [3.05, 3.63) is 35.7 Å². The van der Waals surface area contributed by atoms with Gasteiger partial charge in [-0.3, -0.25) is 0 Å². The van der Waals surface area contributed by atoms with Crippen molar-refractivity contribution in [2.24, 2.45) is 5.92 Å². The van der Waals surface area contributed by atoms with Crippen molar-refractivity contribution in [3.8, 4) is 5.75 Å². The van der Waals surface area contributed by atoms with E-state index in [0.717, 1.165) is 30.9 Å². The highest BCUT2D eigenvalue weighted by atomic mass is 19.1. The van der Waals surface area contributed by atoms with Crippen LogP contribution in [0.15, 0.2) is 24.3 Å². The molecule has 4 rings (SSSR count). The van der Waals surface area contributed by atoms with E-state index in [1.165, 1.54) is 24.5 Å². The zero-order chi connectivity index (χ0) is 14.2. The number of halogens is 1. The summed E-state index contributed by atoms with van der Waals surface area (Å²) >= 11 is 0. The molecular weight excluding hydrogens is 269 g/mol. The first-order chi connectivity index (χ1) is 10.3. The Balaban J connectivity index is 1.62. The van der Waals surface area contributed by atoms with Crippen molar-refractivity contribution in [1.82, 2.24) is 5.32 Å². The predicted molar refractivity (Wildman–Crippen MR) is 78.7 cm³/mol. The Morgan fingerprint density at radius 3 is 3.00 bits per heavy atom. The molecule has 2 fully saturated rings. The smallest absolute Gasteiger partial charge is 0.126 e. The number of rotatable bonds is 4. The van der Waals surface area contributed by atoms with E-state index in [0.29, 0.717) is 18.6 Å². The van der Waals surface area contributed by atoms with Gasteiger partial charge >= 0.3 is 0 Å². The molecule has 3 nitrogen and oxygen atoms in total. The van der Waals surface area contributed by atoms with E-state index < -0.39 is 0 Å². The highest BCUT2D eigenvalue weighted by Crippen LogP contribution is 2.35. The molecule has 0 aromatic heterocycles. The first-order valence-corrected chi connectivity index (χ1v) is 7.75. The van der Waals surface area contributed by atoms with Crippen molar-refractivity contribution < 1.29 is 13.9 Å². The van der Waals surface area contributed by atoms with Gasteiger partial charge in [0.25, 0.3) is 0 Å². The number of hydrogen-bond donors (Lipinski definition) is 1. The molecule has 1 aliphatic carbocycles. The lowest BCUT2D eigenvalue weighted by atomic mass is 9.91. The average molecular weight is 289 g/mol. The maximum atomic E-state index is 13.7. The van der Waals surface area contributed by atoms with Gasteiger partial charge in [0, 0.05) is 17.6 Å². The summed E-state index contributed by atoms with van der Waals surface area (Å²) in [7, 11) is 0. The van der Waals surface area contributed by atoms with Gasteiger partial charge in [0.05, 0.1) is 19.8 Å². The Bertz CT molecular complexity index is 568. The lowest BCUT2D eigenvalue weighted by Crippen LogP contribution is -2.50. The summed E-state index contributed by atoms with van der Waals surface area (Å²) in [5.74, 6) is 1.30. The average Bonchev–Trinajstić information content (AvgIpc) is 3.29. The highest BCUT2D eigenvalue weighted by Gasteiger charge is 2.28. The number of benzene rings is 1. The fourth-order valence-corrected chi connectivity index (χ4v) is 3.10. The molecule has 1 N–H and O–H groups in total. The molecule has 4 heteroatoms. The zero-order valence-corrected chi connectivity index (χ0v) is 12.0. The summed E-state index contributed by atoms with van der Waals surface area (Å²) in [6, 6.07) is 5.41. The van der Waals surface area contributed by atoms with Crippen molar-refractivity contribution in [2.45, 2.75) is 31.3 Å². The Labute approximate surface area is 124 Å². The molecule has 2 atom stereocenters. The fourth-order valence-electron chi connectivity index (χ4n) is 3.10. The molecule has 1 aromatic rings. The molecule has 0 radical (unpaired) electrons. The molecule has 1 saturated carbocycles. The summed E-state index contributed by atoms with van der Waals surface area (Å²) in [6.07, 6.45) is 5.53. The highest BCUT2D eigenvalue weighted by molar-refractivity contribution is 5.72. The summed E-state index contributed by atoms with van der Waals surface area (Å²) in [6.45, 7) is 2.16. The van der Waals surface area contributed by atoms with Crippen molar-refractivity contribution >= 4 is 5.57 Å². The van der Waals surface area contributed by atoms with Gasteiger partial charge in [-0.25, -0.2) is 4.39 Å². The second kappa shape index (κ2) is 5.43. The second-order valence-corrected chi connectivity index (χ2v) is 6.30. The summed E-state index contributed by atoms with van der Waals surface area (Å²) in [5.41, 5.74) is 2.09. The minimum absolute atomic E-state index is 0.204. The van der Waals surface area contributed by atoms with E-state index in [1.54, 1.807) is 12.1 Å². The molecule has 2 heterocycles. The quantitative estimate of drug-likeness (QED) is 0.924. The molecule has 3 aliphatic rings. The monoisotopic (exact) mass is 289 g/mol. The molecule has 0 spiro atoms. The van der Waals surface area contributed by atoms with Crippen LogP contribution in [0.4, 0.5) is 4.39 Å². The van der Waals surface area contributed by atoms with Crippen molar-refractivity contribution in [1.29, 1.82) is 0 Å². The first-order valence-electron chi connectivity index (χ1n) is 7.75. The van der Waals surface area contributed by atoms with E-state index in [9.17, 15) is 4.39 Å². The molecule has 112 valence electrons. The van der Waals surface area contributed by atoms with Crippen LogP contribution in [0.3, 0.4) is 0 Å². The van der Waals surface area contributed by atoms with Crippen LogP contribution in [0.25, 0.3) is 5.57 Å². The van der Waals surface area contributed by atoms with Gasteiger partial charge < -0.3 is 14.8 Å². The molecule has 0 amide bonds. The maximum Gasteiger partial charge on any atom is 0.126 e.